The van der Waals surface area contributed by atoms with E-state index in [-0.39, 0.29) is 29.2 Å². The van der Waals surface area contributed by atoms with Gasteiger partial charge in [0.15, 0.2) is 0 Å². The third-order valence-corrected chi connectivity index (χ3v) is 5.80. The van der Waals surface area contributed by atoms with Gasteiger partial charge in [0.05, 0.1) is 5.56 Å². The minimum absolute atomic E-state index is 0.0698. The van der Waals surface area contributed by atoms with Crippen molar-refractivity contribution in [2.45, 2.75) is 24.5 Å². The number of benzene rings is 1. The second-order valence-electron chi connectivity index (χ2n) is 6.47. The summed E-state index contributed by atoms with van der Waals surface area (Å²) in [4.78, 5) is 48.4. The number of fused-ring (bicyclic) bond motifs is 1. The fourth-order valence-electron chi connectivity index (χ4n) is 3.02. The Morgan fingerprint density at radius 3 is 2.43 bits per heavy atom. The number of β-lactam (4-membered cyclic amide) rings is 1. The summed E-state index contributed by atoms with van der Waals surface area (Å²) in [5, 5.41) is 11.2. The molecule has 0 spiro atoms. The van der Waals surface area contributed by atoms with E-state index >= 15 is 0 Å². The molecule has 160 valence electrons. The SMILES string of the molecule is CC(=O)OCC1=C(C(=O)O)N2C(=O)[C@H](NC(=O)c3ccc(C(F)(F)F)cc3)[C@@H]2SC1. The Bertz CT molecular complexity index is 944. The molecule has 1 saturated heterocycles. The fourth-order valence-corrected chi connectivity index (χ4v) is 4.35. The van der Waals surface area contributed by atoms with E-state index in [9.17, 15) is 37.5 Å². The van der Waals surface area contributed by atoms with E-state index in [4.69, 9.17) is 4.74 Å². The highest BCUT2D eigenvalue weighted by atomic mass is 32.2. The minimum atomic E-state index is -4.54. The van der Waals surface area contributed by atoms with Crippen LogP contribution < -0.4 is 5.32 Å². The van der Waals surface area contributed by atoms with Crippen molar-refractivity contribution in [3.05, 3.63) is 46.7 Å². The average molecular weight is 444 g/mol. The van der Waals surface area contributed by atoms with Crippen LogP contribution in [0.2, 0.25) is 0 Å². The van der Waals surface area contributed by atoms with Crippen LogP contribution in [-0.2, 0) is 25.3 Å². The van der Waals surface area contributed by atoms with E-state index in [1.165, 1.54) is 18.7 Å². The second kappa shape index (κ2) is 8.01. The molecule has 0 bridgehead atoms. The monoisotopic (exact) mass is 444 g/mol. The number of esters is 1. The normalized spacial score (nSPS) is 20.9. The summed E-state index contributed by atoms with van der Waals surface area (Å²) in [5.74, 6) is -3.24. The van der Waals surface area contributed by atoms with Crippen molar-refractivity contribution in [1.29, 1.82) is 0 Å². The fraction of sp³-hybridized carbons (Fsp3) is 0.333. The quantitative estimate of drug-likeness (QED) is 0.524. The molecule has 2 heterocycles. The highest BCUT2D eigenvalue weighted by Crippen LogP contribution is 2.40. The van der Waals surface area contributed by atoms with Crippen molar-refractivity contribution in [1.82, 2.24) is 10.2 Å². The molecule has 2 atom stereocenters. The van der Waals surface area contributed by atoms with Gasteiger partial charge in [-0.05, 0) is 24.3 Å². The Hall–Kier alpha value is -3.02. The molecule has 1 aromatic rings. The summed E-state index contributed by atoms with van der Waals surface area (Å²) in [6.07, 6.45) is -4.54. The number of nitrogens with one attached hydrogen (secondary N) is 1. The highest BCUT2D eigenvalue weighted by Gasteiger charge is 2.54. The number of hydrogen-bond donors (Lipinski definition) is 2. The molecule has 1 fully saturated rings. The van der Waals surface area contributed by atoms with Crippen LogP contribution in [-0.4, -0.2) is 57.5 Å². The number of alkyl halides is 3. The van der Waals surface area contributed by atoms with Gasteiger partial charge in [-0.1, -0.05) is 0 Å². The first-order valence-electron chi connectivity index (χ1n) is 8.52. The third-order valence-electron chi connectivity index (χ3n) is 4.46. The number of nitrogens with zero attached hydrogens (tertiary/aromatic N) is 1. The van der Waals surface area contributed by atoms with Crippen LogP contribution in [0, 0.1) is 0 Å². The molecule has 2 aliphatic rings. The van der Waals surface area contributed by atoms with Gasteiger partial charge in [-0.25, -0.2) is 4.79 Å². The standard InChI is InChI=1S/C18H15F3N2O6S/c1-8(24)29-6-10-7-30-16-12(15(26)23(16)13(10)17(27)28)22-14(25)9-2-4-11(5-3-9)18(19,20)21/h2-5,12,16H,6-7H2,1H3,(H,22,25)(H,27,28)/t12-,16-/m0/s1. The van der Waals surface area contributed by atoms with Crippen LogP contribution in [0.1, 0.15) is 22.8 Å². The van der Waals surface area contributed by atoms with Crippen LogP contribution in [0.3, 0.4) is 0 Å². The van der Waals surface area contributed by atoms with Crippen LogP contribution in [0.4, 0.5) is 13.2 Å². The molecular weight excluding hydrogens is 429 g/mol. The first kappa shape index (κ1) is 21.7. The molecule has 0 aliphatic carbocycles. The van der Waals surface area contributed by atoms with Crippen molar-refractivity contribution in [2.24, 2.45) is 0 Å². The Kier molecular flexibility index (Phi) is 5.79. The molecular formula is C18H15F3N2O6S. The predicted molar refractivity (Wildman–Crippen MR) is 97.1 cm³/mol. The lowest BCUT2D eigenvalue weighted by molar-refractivity contribution is -0.149. The van der Waals surface area contributed by atoms with Crippen molar-refractivity contribution >= 4 is 35.5 Å². The van der Waals surface area contributed by atoms with E-state index in [1.807, 2.05) is 0 Å². The number of ether oxygens (including phenoxy) is 1. The van der Waals surface area contributed by atoms with Crippen LogP contribution >= 0.6 is 11.8 Å². The minimum Gasteiger partial charge on any atom is -0.477 e. The van der Waals surface area contributed by atoms with Gasteiger partial charge in [0.2, 0.25) is 0 Å². The van der Waals surface area contributed by atoms with Gasteiger partial charge in [-0.15, -0.1) is 11.8 Å². The van der Waals surface area contributed by atoms with Crippen LogP contribution in [0.5, 0.6) is 0 Å². The molecule has 2 N–H and O–H groups in total. The highest BCUT2D eigenvalue weighted by molar-refractivity contribution is 8.00. The van der Waals surface area contributed by atoms with Gasteiger partial charge in [0.1, 0.15) is 23.7 Å². The second-order valence-corrected chi connectivity index (χ2v) is 7.58. The molecule has 30 heavy (non-hydrogen) atoms. The first-order chi connectivity index (χ1) is 14.0. The number of carboxylic acid groups (broad SMARTS) is 1. The van der Waals surface area contributed by atoms with Gasteiger partial charge in [-0.3, -0.25) is 19.3 Å². The average Bonchev–Trinajstić information content (AvgIpc) is 2.68. The predicted octanol–water partition coefficient (Wildman–Crippen LogP) is 1.62. The van der Waals surface area contributed by atoms with Crippen LogP contribution in [0.15, 0.2) is 35.5 Å². The molecule has 8 nitrogen and oxygen atoms in total. The Morgan fingerprint density at radius 1 is 1.27 bits per heavy atom. The maximum atomic E-state index is 12.6. The summed E-state index contributed by atoms with van der Waals surface area (Å²) in [6.45, 7) is 0.893. The summed E-state index contributed by atoms with van der Waals surface area (Å²) >= 11 is 1.18. The van der Waals surface area contributed by atoms with E-state index in [2.05, 4.69) is 5.32 Å². The molecule has 3 rings (SSSR count). The van der Waals surface area contributed by atoms with Crippen molar-refractivity contribution in [2.75, 3.05) is 12.4 Å². The summed E-state index contributed by atoms with van der Waals surface area (Å²) in [6, 6.07) is 2.46. The lowest BCUT2D eigenvalue weighted by Gasteiger charge is -2.49. The Balaban J connectivity index is 1.72. The number of thioether (sulfide) groups is 1. The van der Waals surface area contributed by atoms with Gasteiger partial charge in [-0.2, -0.15) is 13.2 Å². The van der Waals surface area contributed by atoms with Gasteiger partial charge >= 0.3 is 18.1 Å². The van der Waals surface area contributed by atoms with Crippen molar-refractivity contribution in [3.8, 4) is 0 Å². The molecule has 0 aromatic heterocycles. The van der Waals surface area contributed by atoms with E-state index in [1.54, 1.807) is 0 Å². The van der Waals surface area contributed by atoms with Crippen LogP contribution in [0.25, 0.3) is 0 Å². The maximum Gasteiger partial charge on any atom is 0.416 e. The molecule has 0 radical (unpaired) electrons. The van der Waals surface area contributed by atoms with E-state index in [0.29, 0.717) is 0 Å². The van der Waals surface area contributed by atoms with Crippen molar-refractivity contribution < 1.29 is 42.2 Å². The number of rotatable bonds is 5. The molecule has 2 aliphatic heterocycles. The number of hydrogen-bond acceptors (Lipinski definition) is 6. The number of carboxylic acids is 1. The number of halogens is 3. The molecule has 2 amide bonds. The summed E-state index contributed by atoms with van der Waals surface area (Å²) < 4.78 is 42.7. The van der Waals surface area contributed by atoms with Gasteiger partial charge in [0, 0.05) is 23.8 Å². The molecule has 0 saturated carbocycles. The zero-order valence-corrected chi connectivity index (χ0v) is 16.2. The zero-order valence-electron chi connectivity index (χ0n) is 15.4. The topological polar surface area (TPSA) is 113 Å². The number of carbonyl (C=O) groups is 4. The smallest absolute Gasteiger partial charge is 0.416 e. The lowest BCUT2D eigenvalue weighted by Crippen LogP contribution is -2.70. The van der Waals surface area contributed by atoms with Gasteiger partial charge in [0.25, 0.3) is 11.8 Å². The van der Waals surface area contributed by atoms with Crippen molar-refractivity contribution in [3.63, 3.8) is 0 Å². The molecule has 12 heteroatoms. The summed E-state index contributed by atoms with van der Waals surface area (Å²) in [7, 11) is 0. The third kappa shape index (κ3) is 4.13. The summed E-state index contributed by atoms with van der Waals surface area (Å²) in [5.41, 5.74) is -1.03. The van der Waals surface area contributed by atoms with Gasteiger partial charge < -0.3 is 15.2 Å². The Labute approximate surface area is 172 Å². The lowest BCUT2D eigenvalue weighted by atomic mass is 10.0. The number of carbonyl (C=O) groups excluding carboxylic acids is 3. The number of aliphatic carboxylic acids is 1. The maximum absolute atomic E-state index is 12.6. The zero-order chi connectivity index (χ0) is 22.2. The molecule has 0 unspecified atom stereocenters. The number of amides is 2. The van der Waals surface area contributed by atoms with E-state index in [0.717, 1.165) is 29.2 Å². The first-order valence-corrected chi connectivity index (χ1v) is 9.57. The largest absolute Gasteiger partial charge is 0.477 e. The van der Waals surface area contributed by atoms with E-state index < -0.39 is 46.9 Å². The molecule has 1 aromatic carbocycles. The Morgan fingerprint density at radius 2 is 1.90 bits per heavy atom.